The van der Waals surface area contributed by atoms with Crippen LogP contribution < -0.4 is 16.0 Å². The van der Waals surface area contributed by atoms with Gasteiger partial charge in [-0.3, -0.25) is 14.7 Å². The maximum atomic E-state index is 12.1. The Balaban J connectivity index is 1.66. The zero-order chi connectivity index (χ0) is 22.2. The summed E-state index contributed by atoms with van der Waals surface area (Å²) < 4.78 is 0. The molecular weight excluding hydrogens is 410 g/mol. The molecule has 166 valence electrons. The number of fused-ring (bicyclic) bond motifs is 1. The molecule has 1 aliphatic heterocycles. The average Bonchev–Trinajstić information content (AvgIpc) is 2.78. The first-order valence-corrected chi connectivity index (χ1v) is 11.3. The molecule has 0 bridgehead atoms. The summed E-state index contributed by atoms with van der Waals surface area (Å²) in [5.41, 5.74) is 3.16. The molecule has 1 aliphatic rings. The fourth-order valence-corrected chi connectivity index (χ4v) is 4.42. The lowest BCUT2D eigenvalue weighted by Gasteiger charge is -2.31. The third-order valence-corrected chi connectivity index (χ3v) is 6.17. The number of guanidine groups is 1. The van der Waals surface area contributed by atoms with E-state index < -0.39 is 0 Å². The Morgan fingerprint density at radius 3 is 2.58 bits per heavy atom. The van der Waals surface area contributed by atoms with Gasteiger partial charge in [0.25, 0.3) is 0 Å². The van der Waals surface area contributed by atoms with Crippen LogP contribution in [0.4, 0.5) is 5.69 Å². The maximum Gasteiger partial charge on any atom is 0.225 e. The number of carbonyl (C=O) groups excluding carboxylic acids is 1. The lowest BCUT2D eigenvalue weighted by atomic mass is 9.90. The molecule has 1 heterocycles. The van der Waals surface area contributed by atoms with Crippen LogP contribution in [0.5, 0.6) is 0 Å². The van der Waals surface area contributed by atoms with Gasteiger partial charge < -0.3 is 16.0 Å². The molecule has 2 aromatic carbocycles. The van der Waals surface area contributed by atoms with Crippen molar-refractivity contribution in [2.24, 2.45) is 4.99 Å². The molecule has 1 amide bonds. The van der Waals surface area contributed by atoms with E-state index in [1.54, 1.807) is 7.05 Å². The second-order valence-corrected chi connectivity index (χ2v) is 8.04. The van der Waals surface area contributed by atoms with Gasteiger partial charge in [0, 0.05) is 43.2 Å². The Kier molecular flexibility index (Phi) is 8.32. The molecule has 0 aliphatic carbocycles. The molecule has 2 aromatic rings. The lowest BCUT2D eigenvalue weighted by molar-refractivity contribution is -0.116. The number of hydrogen-bond acceptors (Lipinski definition) is 3. The van der Waals surface area contributed by atoms with Crippen molar-refractivity contribution in [3.05, 3.63) is 64.7 Å². The third-order valence-electron chi connectivity index (χ3n) is 5.83. The second-order valence-electron chi connectivity index (χ2n) is 7.63. The van der Waals surface area contributed by atoms with E-state index in [1.165, 1.54) is 0 Å². The maximum absolute atomic E-state index is 12.1. The van der Waals surface area contributed by atoms with Crippen LogP contribution in [0, 0.1) is 0 Å². The Labute approximate surface area is 190 Å². The summed E-state index contributed by atoms with van der Waals surface area (Å²) in [4.78, 5) is 18.9. The van der Waals surface area contributed by atoms with Gasteiger partial charge in [0.15, 0.2) is 5.96 Å². The van der Waals surface area contributed by atoms with Crippen molar-refractivity contribution in [2.45, 2.75) is 32.2 Å². The molecule has 3 N–H and O–H groups in total. The van der Waals surface area contributed by atoms with Crippen molar-refractivity contribution in [3.8, 4) is 0 Å². The van der Waals surface area contributed by atoms with E-state index in [-0.39, 0.29) is 17.9 Å². The van der Waals surface area contributed by atoms with Gasteiger partial charge in [0.05, 0.1) is 6.04 Å². The summed E-state index contributed by atoms with van der Waals surface area (Å²) in [6.07, 6.45) is 0.461. The van der Waals surface area contributed by atoms with E-state index >= 15 is 0 Å². The van der Waals surface area contributed by atoms with E-state index in [2.05, 4.69) is 51.8 Å². The fourth-order valence-electron chi connectivity index (χ4n) is 4.16. The van der Waals surface area contributed by atoms with E-state index in [1.807, 2.05) is 36.4 Å². The fraction of sp³-hybridized carbons (Fsp3) is 0.417. The van der Waals surface area contributed by atoms with Gasteiger partial charge in [-0.05, 0) is 36.3 Å². The van der Waals surface area contributed by atoms with Gasteiger partial charge >= 0.3 is 0 Å². The van der Waals surface area contributed by atoms with Crippen molar-refractivity contribution >= 4 is 29.2 Å². The van der Waals surface area contributed by atoms with Crippen LogP contribution in [0.2, 0.25) is 5.02 Å². The molecule has 0 fully saturated rings. The number of carbonyl (C=O) groups is 1. The molecular formula is C24H32ClN5O. The topological polar surface area (TPSA) is 68.8 Å². The number of nitrogens with zero attached hydrogens (tertiary/aromatic N) is 2. The summed E-state index contributed by atoms with van der Waals surface area (Å²) in [5, 5.41) is 10.6. The Morgan fingerprint density at radius 2 is 1.87 bits per heavy atom. The Morgan fingerprint density at radius 1 is 1.16 bits per heavy atom. The van der Waals surface area contributed by atoms with Gasteiger partial charge in [-0.15, -0.1) is 0 Å². The second kappa shape index (κ2) is 11.2. The van der Waals surface area contributed by atoms with E-state index in [9.17, 15) is 4.79 Å². The SMILES string of the molecule is CCN(CC)C(CNC(=NC)NCC1CC(=O)Nc2ccccc21)c1ccccc1Cl. The Hall–Kier alpha value is -2.57. The average molecular weight is 442 g/mol. The molecule has 3 rings (SSSR count). The summed E-state index contributed by atoms with van der Waals surface area (Å²) in [5.74, 6) is 0.868. The predicted octanol–water partition coefficient (Wildman–Crippen LogP) is 4.01. The number of benzene rings is 2. The van der Waals surface area contributed by atoms with Crippen LogP contribution in [-0.2, 0) is 4.79 Å². The van der Waals surface area contributed by atoms with Crippen molar-refractivity contribution < 1.29 is 4.79 Å². The van der Waals surface area contributed by atoms with Gasteiger partial charge in [-0.2, -0.15) is 0 Å². The van der Waals surface area contributed by atoms with Crippen molar-refractivity contribution in [1.29, 1.82) is 0 Å². The number of aliphatic imine (C=N–C) groups is 1. The molecule has 7 heteroatoms. The molecule has 2 unspecified atom stereocenters. The lowest BCUT2D eigenvalue weighted by Crippen LogP contribution is -2.44. The number of para-hydroxylation sites is 1. The highest BCUT2D eigenvalue weighted by molar-refractivity contribution is 6.31. The van der Waals surface area contributed by atoms with E-state index in [0.717, 1.165) is 34.9 Å². The van der Waals surface area contributed by atoms with Crippen molar-refractivity contribution in [2.75, 3.05) is 38.5 Å². The number of hydrogen-bond donors (Lipinski definition) is 3. The normalized spacial score (nSPS) is 17.1. The van der Waals surface area contributed by atoms with Gasteiger partial charge in [-0.1, -0.05) is 61.8 Å². The summed E-state index contributed by atoms with van der Waals surface area (Å²) >= 11 is 6.51. The Bertz CT molecular complexity index is 912. The smallest absolute Gasteiger partial charge is 0.225 e. The zero-order valence-corrected chi connectivity index (χ0v) is 19.2. The minimum absolute atomic E-state index is 0.0498. The van der Waals surface area contributed by atoms with E-state index in [0.29, 0.717) is 25.5 Å². The van der Waals surface area contributed by atoms with E-state index in [4.69, 9.17) is 11.6 Å². The molecule has 0 spiro atoms. The molecule has 6 nitrogen and oxygen atoms in total. The van der Waals surface area contributed by atoms with Crippen LogP contribution in [0.3, 0.4) is 0 Å². The van der Waals surface area contributed by atoms with Crippen molar-refractivity contribution in [1.82, 2.24) is 15.5 Å². The van der Waals surface area contributed by atoms with Crippen LogP contribution >= 0.6 is 11.6 Å². The number of rotatable bonds is 8. The molecule has 0 radical (unpaired) electrons. The molecule has 0 aromatic heterocycles. The number of anilines is 1. The van der Waals surface area contributed by atoms with Crippen molar-refractivity contribution in [3.63, 3.8) is 0 Å². The first kappa shape index (κ1) is 23.1. The summed E-state index contributed by atoms with van der Waals surface area (Å²) in [6, 6.07) is 16.1. The van der Waals surface area contributed by atoms with Gasteiger partial charge in [0.1, 0.15) is 0 Å². The number of amides is 1. The number of nitrogens with one attached hydrogen (secondary N) is 3. The van der Waals surface area contributed by atoms with Gasteiger partial charge in [0.2, 0.25) is 5.91 Å². The first-order valence-electron chi connectivity index (χ1n) is 10.9. The standard InChI is InChI=1S/C24H32ClN5O/c1-4-30(5-2)22(19-11-6-8-12-20(19)25)16-28-24(26-3)27-15-17-14-23(31)29-21-13-9-7-10-18(17)21/h6-13,17,22H,4-5,14-16H2,1-3H3,(H,29,31)(H2,26,27,28). The largest absolute Gasteiger partial charge is 0.356 e. The minimum atomic E-state index is 0.0498. The number of halogens is 1. The quantitative estimate of drug-likeness (QED) is 0.427. The van der Waals surface area contributed by atoms with Crippen LogP contribution in [0.15, 0.2) is 53.5 Å². The predicted molar refractivity (Wildman–Crippen MR) is 129 cm³/mol. The summed E-state index contributed by atoms with van der Waals surface area (Å²) in [6.45, 7) is 7.47. The van der Waals surface area contributed by atoms with Crippen LogP contribution in [0.1, 0.15) is 43.4 Å². The van der Waals surface area contributed by atoms with Crippen LogP contribution in [-0.4, -0.2) is 50.0 Å². The minimum Gasteiger partial charge on any atom is -0.356 e. The molecule has 0 saturated heterocycles. The highest BCUT2D eigenvalue weighted by Crippen LogP contribution is 2.31. The van der Waals surface area contributed by atoms with Gasteiger partial charge in [-0.25, -0.2) is 0 Å². The number of likely N-dealkylation sites (N-methyl/N-ethyl adjacent to an activating group) is 1. The molecule has 2 atom stereocenters. The molecule has 31 heavy (non-hydrogen) atoms. The van der Waals surface area contributed by atoms with Crippen LogP contribution in [0.25, 0.3) is 0 Å². The molecule has 0 saturated carbocycles. The highest BCUT2D eigenvalue weighted by Gasteiger charge is 2.25. The summed E-state index contributed by atoms with van der Waals surface area (Å²) in [7, 11) is 1.76. The monoisotopic (exact) mass is 441 g/mol. The third kappa shape index (κ3) is 5.77. The highest BCUT2D eigenvalue weighted by atomic mass is 35.5. The first-order chi connectivity index (χ1) is 15.1. The zero-order valence-electron chi connectivity index (χ0n) is 18.5.